The van der Waals surface area contributed by atoms with Crippen LogP contribution in [0.5, 0.6) is 0 Å². The van der Waals surface area contributed by atoms with E-state index < -0.39 is 0 Å². The van der Waals surface area contributed by atoms with Crippen molar-refractivity contribution < 1.29 is 0 Å². The molecule has 0 amide bonds. The second kappa shape index (κ2) is 6.29. The third-order valence-electron chi connectivity index (χ3n) is 3.99. The highest BCUT2D eigenvalue weighted by Crippen LogP contribution is 2.32. The van der Waals surface area contributed by atoms with Gasteiger partial charge in [0.05, 0.1) is 10.7 Å². The summed E-state index contributed by atoms with van der Waals surface area (Å²) in [6, 6.07) is 6.39. The van der Waals surface area contributed by atoms with Crippen molar-refractivity contribution >= 4 is 33.2 Å². The monoisotopic (exact) mass is 329 g/mol. The van der Waals surface area contributed by atoms with Crippen molar-refractivity contribution in [2.45, 2.75) is 32.0 Å². The van der Waals surface area contributed by atoms with E-state index in [2.05, 4.69) is 52.9 Å². The summed E-state index contributed by atoms with van der Waals surface area (Å²) in [4.78, 5) is 2.43. The molecule has 100 valence electrons. The van der Waals surface area contributed by atoms with E-state index in [-0.39, 0.29) is 0 Å². The number of anilines is 1. The van der Waals surface area contributed by atoms with E-state index in [0.717, 1.165) is 35.3 Å². The highest BCUT2D eigenvalue weighted by Gasteiger charge is 2.22. The van der Waals surface area contributed by atoms with Gasteiger partial charge in [0.15, 0.2) is 0 Å². The molecule has 18 heavy (non-hydrogen) atoms. The van der Waals surface area contributed by atoms with Crippen molar-refractivity contribution in [1.29, 1.82) is 0 Å². The third kappa shape index (κ3) is 3.21. The second-order valence-corrected chi connectivity index (χ2v) is 6.46. The van der Waals surface area contributed by atoms with Crippen molar-refractivity contribution in [2.75, 3.05) is 18.0 Å². The van der Waals surface area contributed by atoms with E-state index in [4.69, 9.17) is 11.6 Å². The normalized spacial score (nSPS) is 17.5. The summed E-state index contributed by atoms with van der Waals surface area (Å²) < 4.78 is 0. The van der Waals surface area contributed by atoms with Crippen LogP contribution >= 0.6 is 27.5 Å². The number of hydrogen-bond donors (Lipinski definition) is 0. The maximum absolute atomic E-state index is 6.38. The van der Waals surface area contributed by atoms with Crippen LogP contribution in [0, 0.1) is 11.8 Å². The van der Waals surface area contributed by atoms with Crippen molar-refractivity contribution in [3.63, 3.8) is 0 Å². The fourth-order valence-electron chi connectivity index (χ4n) is 2.70. The topological polar surface area (TPSA) is 3.24 Å². The van der Waals surface area contributed by atoms with Crippen molar-refractivity contribution in [3.8, 4) is 0 Å². The SMILES string of the molecule is CC(C)C1CCN(c2ccc(CBr)cc2Cl)CC1. The molecule has 1 nitrogen and oxygen atoms in total. The highest BCUT2D eigenvalue weighted by molar-refractivity contribution is 9.08. The lowest BCUT2D eigenvalue weighted by atomic mass is 9.86. The lowest BCUT2D eigenvalue weighted by molar-refractivity contribution is 0.311. The smallest absolute Gasteiger partial charge is 0.0642 e. The minimum Gasteiger partial charge on any atom is -0.370 e. The second-order valence-electron chi connectivity index (χ2n) is 5.49. The number of alkyl halides is 1. The predicted molar refractivity (Wildman–Crippen MR) is 83.9 cm³/mol. The molecule has 0 aliphatic carbocycles. The Kier molecular flexibility index (Phi) is 4.97. The van der Waals surface area contributed by atoms with Crippen LogP contribution in [0.4, 0.5) is 5.69 Å². The summed E-state index contributed by atoms with van der Waals surface area (Å²) >= 11 is 9.84. The van der Waals surface area contributed by atoms with Crippen molar-refractivity contribution in [2.24, 2.45) is 11.8 Å². The van der Waals surface area contributed by atoms with Crippen LogP contribution in [0.15, 0.2) is 18.2 Å². The van der Waals surface area contributed by atoms with Gasteiger partial charge in [-0.2, -0.15) is 0 Å². The number of hydrogen-bond acceptors (Lipinski definition) is 1. The van der Waals surface area contributed by atoms with Crippen molar-refractivity contribution in [3.05, 3.63) is 28.8 Å². The molecule has 1 aromatic carbocycles. The number of piperidine rings is 1. The molecular formula is C15H21BrClN. The molecule has 1 heterocycles. The summed E-state index contributed by atoms with van der Waals surface area (Å²) in [6.45, 7) is 6.93. The maximum Gasteiger partial charge on any atom is 0.0642 e. The van der Waals surface area contributed by atoms with Crippen molar-refractivity contribution in [1.82, 2.24) is 0 Å². The average Bonchev–Trinajstić information content (AvgIpc) is 2.38. The molecule has 0 radical (unpaired) electrons. The van der Waals surface area contributed by atoms with Crippen LogP contribution in [0.2, 0.25) is 5.02 Å². The van der Waals surface area contributed by atoms with E-state index in [1.54, 1.807) is 0 Å². The molecular weight excluding hydrogens is 310 g/mol. The van der Waals surface area contributed by atoms with Crippen LogP contribution in [0.1, 0.15) is 32.3 Å². The van der Waals surface area contributed by atoms with E-state index >= 15 is 0 Å². The predicted octanol–water partition coefficient (Wildman–Crippen LogP) is 5.11. The zero-order chi connectivity index (χ0) is 13.1. The van der Waals surface area contributed by atoms with Crippen LogP contribution < -0.4 is 4.90 Å². The number of benzene rings is 1. The minimum atomic E-state index is 0.804. The number of halogens is 2. The molecule has 1 aromatic rings. The van der Waals surface area contributed by atoms with Crippen LogP contribution in [-0.4, -0.2) is 13.1 Å². The first-order valence-corrected chi connectivity index (χ1v) is 8.21. The molecule has 1 aliphatic heterocycles. The number of nitrogens with zero attached hydrogens (tertiary/aromatic N) is 1. The summed E-state index contributed by atoms with van der Waals surface area (Å²) in [7, 11) is 0. The third-order valence-corrected chi connectivity index (χ3v) is 4.94. The summed E-state index contributed by atoms with van der Waals surface area (Å²) in [6.07, 6.45) is 2.57. The Labute approximate surface area is 124 Å². The van der Waals surface area contributed by atoms with Gasteiger partial charge in [-0.15, -0.1) is 0 Å². The number of rotatable bonds is 3. The fourth-order valence-corrected chi connectivity index (χ4v) is 3.37. The Balaban J connectivity index is 2.05. The zero-order valence-corrected chi connectivity index (χ0v) is 13.5. The Morgan fingerprint density at radius 1 is 1.33 bits per heavy atom. The molecule has 1 fully saturated rings. The van der Waals surface area contributed by atoms with Gasteiger partial charge in [0, 0.05) is 18.4 Å². The maximum atomic E-state index is 6.38. The molecule has 0 spiro atoms. The molecule has 3 heteroatoms. The largest absolute Gasteiger partial charge is 0.370 e. The fraction of sp³-hybridized carbons (Fsp3) is 0.600. The van der Waals surface area contributed by atoms with Gasteiger partial charge in [0.1, 0.15) is 0 Å². The van der Waals surface area contributed by atoms with E-state index in [9.17, 15) is 0 Å². The molecule has 0 aromatic heterocycles. The Bertz CT molecular complexity index is 397. The van der Waals surface area contributed by atoms with Crippen LogP contribution in [-0.2, 0) is 5.33 Å². The van der Waals surface area contributed by atoms with Crippen LogP contribution in [0.25, 0.3) is 0 Å². The average molecular weight is 331 g/mol. The quantitative estimate of drug-likeness (QED) is 0.696. The van der Waals surface area contributed by atoms with Gasteiger partial charge in [0.25, 0.3) is 0 Å². The summed E-state index contributed by atoms with van der Waals surface area (Å²) in [5.74, 6) is 1.68. The highest BCUT2D eigenvalue weighted by atomic mass is 79.9. The van der Waals surface area contributed by atoms with E-state index in [1.165, 1.54) is 24.1 Å². The lowest BCUT2D eigenvalue weighted by Crippen LogP contribution is -2.35. The molecule has 0 saturated carbocycles. The van der Waals surface area contributed by atoms with Gasteiger partial charge >= 0.3 is 0 Å². The van der Waals surface area contributed by atoms with Gasteiger partial charge in [-0.05, 0) is 42.4 Å². The molecule has 1 aliphatic rings. The Morgan fingerprint density at radius 2 is 2.00 bits per heavy atom. The molecule has 1 saturated heterocycles. The minimum absolute atomic E-state index is 0.804. The lowest BCUT2D eigenvalue weighted by Gasteiger charge is -2.35. The van der Waals surface area contributed by atoms with Gasteiger partial charge < -0.3 is 4.90 Å². The van der Waals surface area contributed by atoms with Gasteiger partial charge in [-0.3, -0.25) is 0 Å². The van der Waals surface area contributed by atoms with Gasteiger partial charge in [0.2, 0.25) is 0 Å². The first-order valence-electron chi connectivity index (χ1n) is 6.71. The molecule has 0 N–H and O–H groups in total. The summed E-state index contributed by atoms with van der Waals surface area (Å²) in [5, 5.41) is 1.75. The molecule has 0 bridgehead atoms. The Morgan fingerprint density at radius 3 is 2.50 bits per heavy atom. The van der Waals surface area contributed by atoms with E-state index in [0.29, 0.717) is 0 Å². The zero-order valence-electron chi connectivity index (χ0n) is 11.1. The molecule has 2 rings (SSSR count). The van der Waals surface area contributed by atoms with E-state index in [1.807, 2.05) is 0 Å². The molecule has 0 atom stereocenters. The summed E-state index contributed by atoms with van der Waals surface area (Å²) in [5.41, 5.74) is 2.43. The van der Waals surface area contributed by atoms with Crippen LogP contribution in [0.3, 0.4) is 0 Å². The standard InChI is InChI=1S/C15H21BrClN/c1-11(2)13-5-7-18(8-6-13)15-4-3-12(10-16)9-14(15)17/h3-4,9,11,13H,5-8,10H2,1-2H3. The first kappa shape index (κ1) is 14.2. The first-order chi connectivity index (χ1) is 8.61. The van der Waals surface area contributed by atoms with Gasteiger partial charge in [-0.1, -0.05) is 47.4 Å². The molecule has 0 unspecified atom stereocenters. The Hall–Kier alpha value is -0.210. The van der Waals surface area contributed by atoms with Gasteiger partial charge in [-0.25, -0.2) is 0 Å².